The number of fused-ring (bicyclic) bond motifs is 1. The Bertz CT molecular complexity index is 1110. The molecule has 0 saturated heterocycles. The highest BCUT2D eigenvalue weighted by molar-refractivity contribution is 7.91. The lowest BCUT2D eigenvalue weighted by atomic mass is 10.2. The first-order chi connectivity index (χ1) is 13.8. The summed E-state index contributed by atoms with van der Waals surface area (Å²) >= 11 is 11.9. The molecular weight excluding hydrogens is 429 g/mol. The first-order valence-electron chi connectivity index (χ1n) is 9.81. The minimum Gasteiger partial charge on any atom is -0.328 e. The van der Waals surface area contributed by atoms with Gasteiger partial charge in [-0.1, -0.05) is 36.5 Å². The van der Waals surface area contributed by atoms with E-state index in [9.17, 15) is 8.42 Å². The molecule has 0 saturated carbocycles. The van der Waals surface area contributed by atoms with Gasteiger partial charge in [-0.25, -0.2) is 13.4 Å². The van der Waals surface area contributed by atoms with E-state index in [1.807, 2.05) is 13.1 Å². The number of aryl methyl sites for hydroxylation is 3. The molecule has 3 aromatic rings. The van der Waals surface area contributed by atoms with Gasteiger partial charge >= 0.3 is 0 Å². The van der Waals surface area contributed by atoms with Crippen molar-refractivity contribution in [1.82, 2.24) is 14.5 Å². The van der Waals surface area contributed by atoms with E-state index in [0.717, 1.165) is 54.6 Å². The zero-order valence-electron chi connectivity index (χ0n) is 16.7. The van der Waals surface area contributed by atoms with E-state index in [2.05, 4.69) is 16.5 Å². The summed E-state index contributed by atoms with van der Waals surface area (Å²) in [4.78, 5) is 9.13. The summed E-state index contributed by atoms with van der Waals surface area (Å²) in [7, 11) is -3.42. The van der Waals surface area contributed by atoms with Gasteiger partial charge in [0.25, 0.3) is 0 Å². The van der Waals surface area contributed by atoms with Crippen LogP contribution in [-0.4, -0.2) is 28.7 Å². The van der Waals surface area contributed by atoms with Crippen LogP contribution in [0.1, 0.15) is 44.0 Å². The number of pyridine rings is 1. The maximum Gasteiger partial charge on any atom is 0.179 e. The molecule has 0 aliphatic rings. The number of aromatic nitrogens is 3. The van der Waals surface area contributed by atoms with Gasteiger partial charge in [-0.3, -0.25) is 4.98 Å². The highest BCUT2D eigenvalue weighted by atomic mass is 35.5. The van der Waals surface area contributed by atoms with Crippen LogP contribution in [0.15, 0.2) is 35.5 Å². The van der Waals surface area contributed by atoms with Crippen LogP contribution >= 0.6 is 23.2 Å². The molecule has 0 atom stereocenters. The summed E-state index contributed by atoms with van der Waals surface area (Å²) in [5.41, 5.74) is 3.16. The highest BCUT2D eigenvalue weighted by Gasteiger charge is 2.18. The van der Waals surface area contributed by atoms with Gasteiger partial charge in [0.2, 0.25) is 0 Å². The van der Waals surface area contributed by atoms with Crippen molar-refractivity contribution >= 4 is 44.1 Å². The molecule has 0 N–H and O–H groups in total. The van der Waals surface area contributed by atoms with Gasteiger partial charge in [-0.15, -0.1) is 0 Å². The molecule has 0 bridgehead atoms. The molecule has 0 spiro atoms. The number of sulfone groups is 1. The Kier molecular flexibility index (Phi) is 7.19. The average molecular weight is 454 g/mol. The Morgan fingerprint density at radius 1 is 1.10 bits per heavy atom. The Labute approximate surface area is 182 Å². The maximum absolute atomic E-state index is 12.6. The number of unbranched alkanes of at least 4 members (excludes halogenated alkanes) is 2. The topological polar surface area (TPSA) is 64.8 Å². The molecule has 0 aliphatic heterocycles. The first-order valence-corrected chi connectivity index (χ1v) is 12.2. The molecule has 5 nitrogen and oxygen atoms in total. The predicted octanol–water partition coefficient (Wildman–Crippen LogP) is 5.64. The highest BCUT2D eigenvalue weighted by Crippen LogP contribution is 2.26. The van der Waals surface area contributed by atoms with Crippen molar-refractivity contribution < 1.29 is 8.42 Å². The molecular formula is C21H25Cl2N3O2S. The molecule has 156 valence electrons. The number of nitrogens with zero attached hydrogens (tertiary/aromatic N) is 3. The second kappa shape index (κ2) is 9.45. The van der Waals surface area contributed by atoms with E-state index in [0.29, 0.717) is 11.4 Å². The van der Waals surface area contributed by atoms with Crippen molar-refractivity contribution in [2.24, 2.45) is 0 Å². The minimum absolute atomic E-state index is 0.0732. The number of hydrogen-bond donors (Lipinski definition) is 0. The SMILES string of the molecule is CCCc1nc2cncc(C)c2n1CCCCCS(=O)(=O)c1ccc(Cl)cc1Cl. The smallest absolute Gasteiger partial charge is 0.179 e. The van der Waals surface area contributed by atoms with Crippen molar-refractivity contribution in [2.45, 2.75) is 57.4 Å². The monoisotopic (exact) mass is 453 g/mol. The van der Waals surface area contributed by atoms with E-state index < -0.39 is 9.84 Å². The third-order valence-corrected chi connectivity index (χ3v) is 7.42. The molecule has 2 aromatic heterocycles. The summed E-state index contributed by atoms with van der Waals surface area (Å²) < 4.78 is 27.4. The van der Waals surface area contributed by atoms with Gasteiger partial charge in [0.1, 0.15) is 11.3 Å². The van der Waals surface area contributed by atoms with Crippen LogP contribution in [-0.2, 0) is 22.8 Å². The fourth-order valence-corrected chi connectivity index (χ4v) is 5.73. The standard InChI is InChI=1S/C21H25Cl2N3O2S/c1-3-7-20-25-18-14-24-13-15(2)21(18)26(20)10-5-4-6-11-29(27,28)19-9-8-16(22)12-17(19)23/h8-9,12-14H,3-7,10-11H2,1-2H3. The molecule has 0 radical (unpaired) electrons. The molecule has 0 fully saturated rings. The van der Waals surface area contributed by atoms with Gasteiger partial charge in [0.15, 0.2) is 9.84 Å². The van der Waals surface area contributed by atoms with Crippen LogP contribution in [0.4, 0.5) is 0 Å². The van der Waals surface area contributed by atoms with Crippen LogP contribution in [0, 0.1) is 6.92 Å². The predicted molar refractivity (Wildman–Crippen MR) is 119 cm³/mol. The third-order valence-electron chi connectivity index (χ3n) is 4.91. The lowest BCUT2D eigenvalue weighted by Gasteiger charge is -2.10. The van der Waals surface area contributed by atoms with Gasteiger partial charge in [-0.2, -0.15) is 0 Å². The first kappa shape index (κ1) is 22.1. The van der Waals surface area contributed by atoms with Gasteiger partial charge in [-0.05, 0) is 49.9 Å². The van der Waals surface area contributed by atoms with Crippen LogP contribution < -0.4 is 0 Å². The van der Waals surface area contributed by atoms with Gasteiger partial charge in [0, 0.05) is 24.2 Å². The fraction of sp³-hybridized carbons (Fsp3) is 0.429. The van der Waals surface area contributed by atoms with Crippen LogP contribution in [0.5, 0.6) is 0 Å². The van der Waals surface area contributed by atoms with Crippen molar-refractivity contribution in [2.75, 3.05) is 5.75 Å². The zero-order chi connectivity index (χ0) is 21.0. The third kappa shape index (κ3) is 5.11. The Hall–Kier alpha value is -1.63. The molecule has 3 rings (SSSR count). The average Bonchev–Trinajstić information content (AvgIpc) is 3.00. The Morgan fingerprint density at radius 3 is 2.62 bits per heavy atom. The fourth-order valence-electron chi connectivity index (χ4n) is 3.54. The number of halogens is 2. The summed E-state index contributed by atoms with van der Waals surface area (Å²) in [5, 5.41) is 0.602. The summed E-state index contributed by atoms with van der Waals surface area (Å²) in [6.45, 7) is 5.01. The van der Waals surface area contributed by atoms with Crippen LogP contribution in [0.25, 0.3) is 11.0 Å². The van der Waals surface area contributed by atoms with E-state index in [-0.39, 0.29) is 15.7 Å². The molecule has 0 unspecified atom stereocenters. The normalized spacial score (nSPS) is 12.0. The van der Waals surface area contributed by atoms with E-state index in [4.69, 9.17) is 28.2 Å². The summed E-state index contributed by atoms with van der Waals surface area (Å²) in [6.07, 6.45) is 7.87. The molecule has 1 aromatic carbocycles. The van der Waals surface area contributed by atoms with Crippen molar-refractivity contribution in [3.05, 3.63) is 52.0 Å². The van der Waals surface area contributed by atoms with E-state index in [1.54, 1.807) is 12.3 Å². The lowest BCUT2D eigenvalue weighted by molar-refractivity contribution is 0.572. The molecule has 0 aliphatic carbocycles. The van der Waals surface area contributed by atoms with Crippen molar-refractivity contribution in [3.63, 3.8) is 0 Å². The molecule has 0 amide bonds. The molecule has 8 heteroatoms. The van der Waals surface area contributed by atoms with E-state index >= 15 is 0 Å². The number of hydrogen-bond acceptors (Lipinski definition) is 4. The Morgan fingerprint density at radius 2 is 1.90 bits per heavy atom. The second-order valence-corrected chi connectivity index (χ2v) is 10.1. The minimum atomic E-state index is -3.42. The van der Waals surface area contributed by atoms with Gasteiger partial charge in [0.05, 0.1) is 27.4 Å². The Balaban J connectivity index is 1.63. The van der Waals surface area contributed by atoms with Crippen molar-refractivity contribution in [3.8, 4) is 0 Å². The maximum atomic E-state index is 12.6. The number of imidazole rings is 1. The largest absolute Gasteiger partial charge is 0.328 e. The molecule has 29 heavy (non-hydrogen) atoms. The lowest BCUT2D eigenvalue weighted by Crippen LogP contribution is -2.09. The molecule has 2 heterocycles. The summed E-state index contributed by atoms with van der Waals surface area (Å²) in [5.74, 6) is 1.14. The number of rotatable bonds is 9. The number of benzene rings is 1. The van der Waals surface area contributed by atoms with E-state index in [1.165, 1.54) is 12.1 Å². The van der Waals surface area contributed by atoms with Crippen LogP contribution in [0.2, 0.25) is 10.0 Å². The second-order valence-electron chi connectivity index (χ2n) is 7.21. The summed E-state index contributed by atoms with van der Waals surface area (Å²) in [6, 6.07) is 4.50. The zero-order valence-corrected chi connectivity index (χ0v) is 19.0. The van der Waals surface area contributed by atoms with Gasteiger partial charge < -0.3 is 4.57 Å². The van der Waals surface area contributed by atoms with Crippen molar-refractivity contribution in [1.29, 1.82) is 0 Å². The van der Waals surface area contributed by atoms with Crippen LogP contribution in [0.3, 0.4) is 0 Å². The quantitative estimate of drug-likeness (QED) is 0.393.